The van der Waals surface area contributed by atoms with E-state index in [1.165, 1.54) is 0 Å². The average molecular weight is 219 g/mol. The summed E-state index contributed by atoms with van der Waals surface area (Å²) in [5.74, 6) is 0. The summed E-state index contributed by atoms with van der Waals surface area (Å²) in [6.45, 7) is 0. The van der Waals surface area contributed by atoms with Gasteiger partial charge in [-0.2, -0.15) is 13.5 Å². The summed E-state index contributed by atoms with van der Waals surface area (Å²) in [4.78, 5) is 0. The van der Waals surface area contributed by atoms with Gasteiger partial charge in [0.2, 0.25) is 0 Å². The van der Waals surface area contributed by atoms with E-state index in [-0.39, 0.29) is 67.1 Å². The van der Waals surface area contributed by atoms with Gasteiger partial charge >= 0.3 is 0 Å². The minimum atomic E-state index is 0. The summed E-state index contributed by atoms with van der Waals surface area (Å²) in [6, 6.07) is 0. The van der Waals surface area contributed by atoms with E-state index < -0.39 is 0 Å². The van der Waals surface area contributed by atoms with Crippen molar-refractivity contribution in [1.29, 1.82) is 0 Å². The van der Waals surface area contributed by atoms with E-state index in [9.17, 15) is 0 Å². The molecule has 4 heavy (non-hydrogen) atoms. The van der Waals surface area contributed by atoms with Crippen LogP contribution < -0.4 is 0 Å². The second-order valence-electron chi connectivity index (χ2n) is 0. The Morgan fingerprint density at radius 3 is 1.00 bits per heavy atom. The maximum absolute atomic E-state index is 0. The standard InChI is InChI=1S/Cu.Fe.H2S.Zn/h;;1H2;. The SMILES string of the molecule is S.[Cu].[Fe].[Zn]. The van der Waals surface area contributed by atoms with Crippen LogP contribution in [0.25, 0.3) is 0 Å². The van der Waals surface area contributed by atoms with Crippen LogP contribution in [0.2, 0.25) is 0 Å². The third kappa shape index (κ3) is 8.99. The minimum Gasteiger partial charge on any atom is -0.197 e. The predicted molar refractivity (Wildman–Crippen MR) is 10.4 cm³/mol. The average Bonchev–Trinajstić information content (AvgIpc) is 0. The summed E-state index contributed by atoms with van der Waals surface area (Å²) in [6.07, 6.45) is 0. The van der Waals surface area contributed by atoms with Crippen LogP contribution in [-0.2, 0) is 53.6 Å². The van der Waals surface area contributed by atoms with E-state index in [4.69, 9.17) is 0 Å². The second kappa shape index (κ2) is 19.9. The third-order valence-corrected chi connectivity index (χ3v) is 0. The Balaban J connectivity index is 0. The van der Waals surface area contributed by atoms with Crippen molar-refractivity contribution in [2.24, 2.45) is 0 Å². The molecule has 0 amide bonds. The van der Waals surface area contributed by atoms with E-state index >= 15 is 0 Å². The first-order valence-electron chi connectivity index (χ1n) is 0. The summed E-state index contributed by atoms with van der Waals surface area (Å²) in [5, 5.41) is 0. The van der Waals surface area contributed by atoms with Crippen molar-refractivity contribution in [3.05, 3.63) is 0 Å². The Labute approximate surface area is 66.6 Å². The fourth-order valence-corrected chi connectivity index (χ4v) is 0. The first kappa shape index (κ1) is 37.3. The third-order valence-electron chi connectivity index (χ3n) is 0. The van der Waals surface area contributed by atoms with E-state index in [0.29, 0.717) is 0 Å². The Morgan fingerprint density at radius 1 is 1.00 bits per heavy atom. The molecule has 0 rings (SSSR count). The zero-order valence-electron chi connectivity index (χ0n) is 1.86. The molecule has 0 aromatic carbocycles. The van der Waals surface area contributed by atoms with Crippen molar-refractivity contribution in [2.45, 2.75) is 0 Å². The molecule has 1 radical (unpaired) electrons. The quantitative estimate of drug-likeness (QED) is 0.507. The molecular weight excluding hydrogens is 217 g/mol. The zero-order valence-corrected chi connectivity index (χ0v) is 7.88. The molecule has 0 saturated carbocycles. The molecule has 0 aliphatic carbocycles. The van der Waals surface area contributed by atoms with Gasteiger partial charge in [0.05, 0.1) is 0 Å². The van der Waals surface area contributed by atoms with Gasteiger partial charge in [-0.25, -0.2) is 0 Å². The van der Waals surface area contributed by atoms with E-state index in [1.54, 1.807) is 0 Å². The first-order chi connectivity index (χ1) is 0. The summed E-state index contributed by atoms with van der Waals surface area (Å²) >= 11 is 0. The smallest absolute Gasteiger partial charge is 0 e. The Morgan fingerprint density at radius 2 is 1.00 bits per heavy atom. The monoisotopic (exact) mass is 217 g/mol. The molecular formula is H2CuFeSZn. The van der Waals surface area contributed by atoms with Crippen LogP contribution in [0.1, 0.15) is 0 Å². The van der Waals surface area contributed by atoms with Crippen molar-refractivity contribution < 1.29 is 53.6 Å². The molecule has 0 bridgehead atoms. The largest absolute Gasteiger partial charge is 0.197 e. The number of hydrogen-bond donors (Lipinski definition) is 0. The molecule has 0 N–H and O–H groups in total. The van der Waals surface area contributed by atoms with Gasteiger partial charge in [0.1, 0.15) is 0 Å². The van der Waals surface area contributed by atoms with Crippen molar-refractivity contribution in [3.8, 4) is 0 Å². The van der Waals surface area contributed by atoms with Gasteiger partial charge in [0.15, 0.2) is 0 Å². The van der Waals surface area contributed by atoms with Gasteiger partial charge in [-0.05, 0) is 0 Å². The normalized spacial score (nSPS) is 0. The van der Waals surface area contributed by atoms with Crippen LogP contribution in [-0.4, -0.2) is 0 Å². The molecule has 0 aromatic rings. The molecule has 0 saturated heterocycles. The molecule has 0 atom stereocenters. The number of hydrogen-bond acceptors (Lipinski definition) is 0. The Hall–Kier alpha value is 2.01. The summed E-state index contributed by atoms with van der Waals surface area (Å²) < 4.78 is 0. The van der Waals surface area contributed by atoms with Gasteiger partial charge in [0.25, 0.3) is 0 Å². The van der Waals surface area contributed by atoms with Crippen molar-refractivity contribution in [1.82, 2.24) is 0 Å². The molecule has 29 valence electrons. The van der Waals surface area contributed by atoms with Crippen LogP contribution in [0.15, 0.2) is 0 Å². The molecule has 0 aromatic heterocycles. The molecule has 4 heteroatoms. The van der Waals surface area contributed by atoms with Crippen LogP contribution in [0, 0.1) is 0 Å². The van der Waals surface area contributed by atoms with Crippen LogP contribution in [0.4, 0.5) is 0 Å². The molecule has 0 nitrogen and oxygen atoms in total. The Bertz CT molecular complexity index is 8.00. The van der Waals surface area contributed by atoms with Crippen LogP contribution >= 0.6 is 13.5 Å². The van der Waals surface area contributed by atoms with Crippen molar-refractivity contribution >= 4 is 13.5 Å². The molecule has 0 aliphatic heterocycles. The van der Waals surface area contributed by atoms with Crippen molar-refractivity contribution in [2.75, 3.05) is 0 Å². The molecule has 0 aliphatic rings. The predicted octanol–water partition coefficient (Wildman–Crippen LogP) is 0.105. The Kier molecular flexibility index (Phi) is 186. The molecule has 0 heterocycles. The van der Waals surface area contributed by atoms with Gasteiger partial charge in [0, 0.05) is 53.6 Å². The van der Waals surface area contributed by atoms with Gasteiger partial charge in [-0.1, -0.05) is 0 Å². The van der Waals surface area contributed by atoms with Gasteiger partial charge < -0.3 is 0 Å². The van der Waals surface area contributed by atoms with Gasteiger partial charge in [-0.15, -0.1) is 0 Å². The summed E-state index contributed by atoms with van der Waals surface area (Å²) in [5.41, 5.74) is 0. The van der Waals surface area contributed by atoms with E-state index in [2.05, 4.69) is 0 Å². The van der Waals surface area contributed by atoms with Crippen molar-refractivity contribution in [3.63, 3.8) is 0 Å². The molecule has 0 fully saturated rings. The van der Waals surface area contributed by atoms with Gasteiger partial charge in [-0.3, -0.25) is 0 Å². The summed E-state index contributed by atoms with van der Waals surface area (Å²) in [7, 11) is 0. The fraction of sp³-hybridized carbons (Fsp3) is 0. The van der Waals surface area contributed by atoms with E-state index in [1.807, 2.05) is 0 Å². The topological polar surface area (TPSA) is 0 Å². The van der Waals surface area contributed by atoms with E-state index in [0.717, 1.165) is 0 Å². The fourth-order valence-electron chi connectivity index (χ4n) is 0. The second-order valence-corrected chi connectivity index (χ2v) is 0. The minimum absolute atomic E-state index is 0. The zero-order chi connectivity index (χ0) is 0. The maximum Gasteiger partial charge on any atom is 0 e. The first-order valence-corrected chi connectivity index (χ1v) is 0. The number of rotatable bonds is 0. The molecule has 0 unspecified atom stereocenters. The molecule has 0 spiro atoms. The van der Waals surface area contributed by atoms with Crippen LogP contribution in [0.3, 0.4) is 0 Å². The van der Waals surface area contributed by atoms with Crippen LogP contribution in [0.5, 0.6) is 0 Å². The maximum atomic E-state index is 0.